The first-order valence-electron chi connectivity index (χ1n) is 20.5. The summed E-state index contributed by atoms with van der Waals surface area (Å²) in [6.45, 7) is 33.3. The van der Waals surface area contributed by atoms with Crippen LogP contribution in [0.15, 0.2) is 86.9 Å². The van der Waals surface area contributed by atoms with Gasteiger partial charge in [0.1, 0.15) is 5.01 Å². The molecule has 0 saturated carbocycles. The number of thiazole rings is 1. The van der Waals surface area contributed by atoms with Crippen molar-refractivity contribution in [1.82, 2.24) is 10.3 Å². The number of nitrogens with one attached hydrogen (secondary N) is 1. The molecule has 0 aliphatic carbocycles. The van der Waals surface area contributed by atoms with E-state index in [1.165, 1.54) is 24.5 Å². The van der Waals surface area contributed by atoms with E-state index in [2.05, 4.69) is 114 Å². The number of ether oxygens (including phenoxy) is 3. The lowest BCUT2D eigenvalue weighted by Gasteiger charge is -2.40. The van der Waals surface area contributed by atoms with Crippen LogP contribution in [0.3, 0.4) is 0 Å². The number of rotatable bonds is 23. The Balaban J connectivity index is 3.27. The number of methoxy groups -OCH3 is 1. The molecule has 0 spiro atoms. The van der Waals surface area contributed by atoms with Gasteiger partial charge in [-0.15, -0.1) is 17.9 Å². The van der Waals surface area contributed by atoms with E-state index in [1.54, 1.807) is 19.3 Å². The molecule has 330 valence electrons. The summed E-state index contributed by atoms with van der Waals surface area (Å²) in [5.41, 5.74) is 4.71. The van der Waals surface area contributed by atoms with Crippen LogP contribution in [0.1, 0.15) is 119 Å². The number of ketones is 1. The first kappa shape index (κ1) is 54.1. The molecule has 12 heteroatoms. The second kappa shape index (κ2) is 25.8. The molecular formula is C47H73IN2O7SSi. The van der Waals surface area contributed by atoms with E-state index in [9.17, 15) is 14.4 Å². The van der Waals surface area contributed by atoms with Gasteiger partial charge < -0.3 is 24.0 Å². The third-order valence-corrected chi connectivity index (χ3v) is 16.9. The van der Waals surface area contributed by atoms with Gasteiger partial charge >= 0.3 is 12.1 Å². The number of nitrogens with zero attached hydrogens (tertiary/aromatic N) is 1. The smallest absolute Gasteiger partial charge is 0.407 e. The number of halogens is 1. The highest BCUT2D eigenvalue weighted by atomic mass is 127. The predicted molar refractivity (Wildman–Crippen MR) is 256 cm³/mol. The molecular weight excluding hydrogens is 892 g/mol. The average Bonchev–Trinajstić information content (AvgIpc) is 3.64. The van der Waals surface area contributed by atoms with Gasteiger partial charge in [-0.2, -0.15) is 0 Å². The SMILES string of the molecule is C=C[C@H](C)[C@H](OC(=O)/C=C/C/C(C)=C/[C@@H](O[Si](C)(C)C(C)(C)C)[C@@H](C)\C=C(C)/C=C(C)\C=C\C(=O)[C@H](C)[C@H](OC)/C(C)=C/I)c1csc([C@H](CC(C)C)OC(=O)NC)n1. The van der Waals surface area contributed by atoms with Crippen molar-refractivity contribution in [3.05, 3.63) is 97.6 Å². The highest BCUT2D eigenvalue weighted by Crippen LogP contribution is 2.39. The molecule has 0 aliphatic rings. The monoisotopic (exact) mass is 964 g/mol. The van der Waals surface area contributed by atoms with Gasteiger partial charge in [-0.3, -0.25) is 4.79 Å². The molecule has 0 fully saturated rings. The normalized spacial score (nSPS) is 17.4. The molecule has 1 aromatic heterocycles. The van der Waals surface area contributed by atoms with E-state index < -0.39 is 32.6 Å². The van der Waals surface area contributed by atoms with Crippen molar-refractivity contribution < 1.29 is 33.0 Å². The number of hydrogen-bond donors (Lipinski definition) is 1. The van der Waals surface area contributed by atoms with E-state index in [0.717, 1.165) is 22.3 Å². The third kappa shape index (κ3) is 18.7. The van der Waals surface area contributed by atoms with E-state index in [4.69, 9.17) is 23.6 Å². The Bertz CT molecular complexity index is 1730. The van der Waals surface area contributed by atoms with Crippen LogP contribution < -0.4 is 5.32 Å². The minimum Gasteiger partial charge on any atom is -0.452 e. The Morgan fingerprint density at radius 3 is 2.15 bits per heavy atom. The van der Waals surface area contributed by atoms with Crippen LogP contribution in [-0.4, -0.2) is 57.5 Å². The van der Waals surface area contributed by atoms with Gasteiger partial charge in [0.15, 0.2) is 26.3 Å². The van der Waals surface area contributed by atoms with Crippen molar-refractivity contribution in [2.24, 2.45) is 23.7 Å². The topological polar surface area (TPSA) is 113 Å². The Kier molecular flexibility index (Phi) is 23.6. The Labute approximate surface area is 375 Å². The van der Waals surface area contributed by atoms with E-state index >= 15 is 0 Å². The number of hydrogen-bond acceptors (Lipinski definition) is 9. The molecule has 0 unspecified atom stereocenters. The van der Waals surface area contributed by atoms with Crippen LogP contribution in [0.4, 0.5) is 4.79 Å². The van der Waals surface area contributed by atoms with E-state index in [0.29, 0.717) is 23.5 Å². The predicted octanol–water partition coefficient (Wildman–Crippen LogP) is 12.9. The highest BCUT2D eigenvalue weighted by Gasteiger charge is 2.39. The van der Waals surface area contributed by atoms with Gasteiger partial charge in [-0.05, 0) is 80.3 Å². The third-order valence-electron chi connectivity index (χ3n) is 10.5. The number of alkyl carbamates (subject to hydrolysis) is 1. The second-order valence-corrected chi connectivity index (χ2v) is 23.8. The van der Waals surface area contributed by atoms with Crippen LogP contribution in [0.2, 0.25) is 18.1 Å². The Hall–Kier alpha value is -2.91. The van der Waals surface area contributed by atoms with Crippen molar-refractivity contribution in [2.75, 3.05) is 14.2 Å². The van der Waals surface area contributed by atoms with Crippen molar-refractivity contribution in [1.29, 1.82) is 0 Å². The Morgan fingerprint density at radius 1 is 0.966 bits per heavy atom. The molecule has 0 bridgehead atoms. The summed E-state index contributed by atoms with van der Waals surface area (Å²) in [5.74, 6) is -0.653. The molecule has 1 rings (SSSR count). The largest absolute Gasteiger partial charge is 0.452 e. The highest BCUT2D eigenvalue weighted by molar-refractivity contribution is 14.1. The molecule has 0 radical (unpaired) electrons. The van der Waals surface area contributed by atoms with Gasteiger partial charge in [0.25, 0.3) is 0 Å². The molecule has 1 amide bonds. The molecule has 59 heavy (non-hydrogen) atoms. The lowest BCUT2D eigenvalue weighted by atomic mass is 9.94. The fourth-order valence-corrected chi connectivity index (χ4v) is 8.50. The zero-order chi connectivity index (χ0) is 45.2. The number of allylic oxidation sites excluding steroid dienone is 7. The molecule has 1 aromatic rings. The number of amides is 1. The molecule has 9 nitrogen and oxygen atoms in total. The Morgan fingerprint density at radius 2 is 1.61 bits per heavy atom. The summed E-state index contributed by atoms with van der Waals surface area (Å²) >= 11 is 3.55. The molecule has 1 heterocycles. The summed E-state index contributed by atoms with van der Waals surface area (Å²) in [6.07, 6.45) is 14.0. The summed E-state index contributed by atoms with van der Waals surface area (Å²) in [4.78, 5) is 43.0. The first-order valence-corrected chi connectivity index (χ1v) is 25.5. The van der Waals surface area contributed by atoms with Crippen LogP contribution in [0.5, 0.6) is 0 Å². The summed E-state index contributed by atoms with van der Waals surface area (Å²) in [5, 5.41) is 5.02. The van der Waals surface area contributed by atoms with Gasteiger partial charge in [-0.1, -0.05) is 131 Å². The van der Waals surface area contributed by atoms with Crippen molar-refractivity contribution in [3.8, 4) is 0 Å². The van der Waals surface area contributed by atoms with Crippen LogP contribution in [-0.2, 0) is 28.2 Å². The zero-order valence-electron chi connectivity index (χ0n) is 38.6. The maximum Gasteiger partial charge on any atom is 0.407 e. The fraction of sp³-hybridized carbons (Fsp3) is 0.574. The summed E-state index contributed by atoms with van der Waals surface area (Å²) in [6, 6.07) is 0. The van der Waals surface area contributed by atoms with Crippen molar-refractivity contribution >= 4 is 60.1 Å². The maximum absolute atomic E-state index is 13.2. The quantitative estimate of drug-likeness (QED) is 0.0288. The van der Waals surface area contributed by atoms with Crippen LogP contribution in [0, 0.1) is 23.7 Å². The van der Waals surface area contributed by atoms with Crippen LogP contribution in [0.25, 0.3) is 0 Å². The maximum atomic E-state index is 13.2. The lowest BCUT2D eigenvalue weighted by molar-refractivity contribution is -0.145. The minimum atomic E-state index is -2.16. The van der Waals surface area contributed by atoms with Gasteiger partial charge in [0.05, 0.1) is 17.9 Å². The molecule has 0 aromatic carbocycles. The molecule has 1 N–H and O–H groups in total. The van der Waals surface area contributed by atoms with Gasteiger partial charge in [-0.25, -0.2) is 14.6 Å². The number of aromatic nitrogens is 1. The van der Waals surface area contributed by atoms with E-state index in [1.807, 2.05) is 56.2 Å². The lowest BCUT2D eigenvalue weighted by Crippen LogP contribution is -2.44. The minimum absolute atomic E-state index is 0.0106. The first-order chi connectivity index (χ1) is 27.4. The number of carbonyl (C=O) groups excluding carboxylic acids is 3. The van der Waals surface area contributed by atoms with Crippen LogP contribution >= 0.6 is 33.9 Å². The summed E-state index contributed by atoms with van der Waals surface area (Å²) in [7, 11) is 0.992. The average molecular weight is 965 g/mol. The fourth-order valence-electron chi connectivity index (χ4n) is 5.95. The van der Waals surface area contributed by atoms with Crippen molar-refractivity contribution in [2.45, 2.75) is 138 Å². The van der Waals surface area contributed by atoms with Crippen molar-refractivity contribution in [3.63, 3.8) is 0 Å². The van der Waals surface area contributed by atoms with E-state index in [-0.39, 0.29) is 46.7 Å². The molecule has 0 aliphatic heterocycles. The number of carbonyl (C=O) groups is 3. The number of esters is 1. The molecule has 7 atom stereocenters. The van der Waals surface area contributed by atoms with Gasteiger partial charge in [0.2, 0.25) is 0 Å². The van der Waals surface area contributed by atoms with Gasteiger partial charge in [0, 0.05) is 43.4 Å². The summed E-state index contributed by atoms with van der Waals surface area (Å²) < 4.78 is 26.1. The second-order valence-electron chi connectivity index (χ2n) is 17.5. The molecule has 0 saturated heterocycles. The standard InChI is InChI=1S/C47H73IN2O7SSi/c1-18-34(7)44(38-29-58-45(50-38)41(24-30(2)3)55-46(53)49-14)56-42(52)21-19-20-31(4)27-40(57-59(16,17)47(11,12)13)35(8)26-33(6)25-32(5)22-23-39(51)37(10)43(54-15)36(9)28-48/h18-19,21-23,25-30,34-35,37,40-41,43-44H,1,20,24H2,2-17H3,(H,49,53)/b21-19+,23-22+,31-27+,32-25-,33-26-,36-28+/t34-,35-,37-,40+,41-,43+,44-/m0/s1. The zero-order valence-corrected chi connectivity index (χ0v) is 42.6.